The number of phenolic OH excluding ortho intramolecular Hbond substituents is 1. The third-order valence-corrected chi connectivity index (χ3v) is 3.75. The first-order chi connectivity index (χ1) is 9.20. The lowest BCUT2D eigenvalue weighted by atomic mass is 10.2. The maximum atomic E-state index is 10.0. The fourth-order valence-corrected chi connectivity index (χ4v) is 2.49. The summed E-state index contributed by atoms with van der Waals surface area (Å²) in [6.07, 6.45) is 0. The summed E-state index contributed by atoms with van der Waals surface area (Å²) in [5.74, 6) is 1.19. The average molecular weight is 319 g/mol. The molecule has 0 saturated carbocycles. The maximum absolute atomic E-state index is 10.0. The molecule has 1 aromatic heterocycles. The highest BCUT2D eigenvalue weighted by Crippen LogP contribution is 2.40. The monoisotopic (exact) mass is 318 g/mol. The van der Waals surface area contributed by atoms with Crippen molar-refractivity contribution >= 4 is 27.0 Å². The Kier molecular flexibility index (Phi) is 2.91. The number of halogens is 1. The number of aromatic amines is 1. The smallest absolute Gasteiger partial charge is 0.172 e. The second-order valence-electron chi connectivity index (χ2n) is 4.08. The van der Waals surface area contributed by atoms with E-state index in [-0.39, 0.29) is 5.75 Å². The van der Waals surface area contributed by atoms with Crippen LogP contribution in [0.15, 0.2) is 40.9 Å². The van der Waals surface area contributed by atoms with Gasteiger partial charge in [-0.05, 0) is 40.2 Å². The highest BCUT2D eigenvalue weighted by Gasteiger charge is 2.14. The van der Waals surface area contributed by atoms with Gasteiger partial charge in [0.05, 0.1) is 22.6 Å². The fraction of sp³-hybridized carbons (Fsp3) is 0.0714. The van der Waals surface area contributed by atoms with Crippen molar-refractivity contribution in [1.82, 2.24) is 9.97 Å². The molecule has 3 rings (SSSR count). The van der Waals surface area contributed by atoms with Crippen molar-refractivity contribution in [3.8, 4) is 22.9 Å². The first kappa shape index (κ1) is 12.0. The van der Waals surface area contributed by atoms with Crippen LogP contribution in [-0.4, -0.2) is 22.2 Å². The molecule has 4 nitrogen and oxygen atoms in total. The van der Waals surface area contributed by atoms with Crippen molar-refractivity contribution in [1.29, 1.82) is 0 Å². The van der Waals surface area contributed by atoms with E-state index in [4.69, 9.17) is 4.74 Å². The van der Waals surface area contributed by atoms with Gasteiger partial charge in [0.15, 0.2) is 11.5 Å². The average Bonchev–Trinajstić information content (AvgIpc) is 2.85. The van der Waals surface area contributed by atoms with Crippen LogP contribution in [0.3, 0.4) is 0 Å². The quantitative estimate of drug-likeness (QED) is 0.757. The van der Waals surface area contributed by atoms with Gasteiger partial charge in [-0.25, -0.2) is 4.98 Å². The summed E-state index contributed by atoms with van der Waals surface area (Å²) in [5, 5.41) is 10.0. The molecular formula is C14H11BrN2O2. The number of hydrogen-bond acceptors (Lipinski definition) is 3. The minimum Gasteiger partial charge on any atom is -0.503 e. The van der Waals surface area contributed by atoms with E-state index in [2.05, 4.69) is 25.9 Å². The van der Waals surface area contributed by atoms with Crippen molar-refractivity contribution in [3.63, 3.8) is 0 Å². The number of aromatic nitrogens is 2. The van der Waals surface area contributed by atoms with E-state index in [0.29, 0.717) is 16.0 Å². The molecule has 5 heteroatoms. The van der Waals surface area contributed by atoms with Gasteiger partial charge in [-0.1, -0.05) is 12.1 Å². The molecule has 2 N–H and O–H groups in total. The van der Waals surface area contributed by atoms with Crippen LogP contribution in [0.1, 0.15) is 0 Å². The zero-order chi connectivity index (χ0) is 13.4. The largest absolute Gasteiger partial charge is 0.503 e. The minimum atomic E-state index is 0.0699. The zero-order valence-corrected chi connectivity index (χ0v) is 11.7. The van der Waals surface area contributed by atoms with Crippen molar-refractivity contribution in [2.24, 2.45) is 0 Å². The lowest BCUT2D eigenvalue weighted by Gasteiger charge is -2.08. The predicted octanol–water partition coefficient (Wildman–Crippen LogP) is 3.71. The van der Waals surface area contributed by atoms with Crippen LogP contribution in [0.2, 0.25) is 0 Å². The summed E-state index contributed by atoms with van der Waals surface area (Å²) in [4.78, 5) is 7.73. The fourth-order valence-electron chi connectivity index (χ4n) is 1.97. The summed E-state index contributed by atoms with van der Waals surface area (Å²) in [5.41, 5.74) is 2.63. The molecule has 19 heavy (non-hydrogen) atoms. The molecule has 0 aliphatic heterocycles. The number of para-hydroxylation sites is 2. The number of ether oxygens (including phenoxy) is 1. The van der Waals surface area contributed by atoms with Crippen molar-refractivity contribution in [3.05, 3.63) is 40.9 Å². The third-order valence-electron chi connectivity index (χ3n) is 2.94. The van der Waals surface area contributed by atoms with Crippen molar-refractivity contribution < 1.29 is 9.84 Å². The molecule has 0 saturated heterocycles. The summed E-state index contributed by atoms with van der Waals surface area (Å²) >= 11 is 3.38. The summed E-state index contributed by atoms with van der Waals surface area (Å²) in [6.45, 7) is 0. The Bertz CT molecular complexity index is 719. The number of nitrogens with one attached hydrogen (secondary N) is 1. The number of benzene rings is 2. The van der Waals surface area contributed by atoms with Crippen LogP contribution in [-0.2, 0) is 0 Å². The number of aromatic hydroxyl groups is 1. The first-order valence-electron chi connectivity index (χ1n) is 5.71. The SMILES string of the molecule is COc1ccc(-c2nc3ccccc3[nH]2)c(Br)c1O. The van der Waals surface area contributed by atoms with E-state index in [0.717, 1.165) is 16.6 Å². The van der Waals surface area contributed by atoms with Gasteiger partial charge in [0.1, 0.15) is 5.82 Å². The van der Waals surface area contributed by atoms with E-state index >= 15 is 0 Å². The molecule has 96 valence electrons. The Morgan fingerprint density at radius 3 is 2.74 bits per heavy atom. The highest BCUT2D eigenvalue weighted by molar-refractivity contribution is 9.10. The van der Waals surface area contributed by atoms with Gasteiger partial charge in [0, 0.05) is 5.56 Å². The number of H-pyrrole nitrogens is 1. The van der Waals surface area contributed by atoms with E-state index < -0.39 is 0 Å². The molecule has 0 aliphatic rings. The second-order valence-corrected chi connectivity index (χ2v) is 4.87. The van der Waals surface area contributed by atoms with E-state index in [9.17, 15) is 5.11 Å². The molecule has 0 unspecified atom stereocenters. The van der Waals surface area contributed by atoms with Crippen molar-refractivity contribution in [2.75, 3.05) is 7.11 Å². The molecule has 0 radical (unpaired) electrons. The topological polar surface area (TPSA) is 58.1 Å². The van der Waals surface area contributed by atoms with Gasteiger partial charge >= 0.3 is 0 Å². The summed E-state index contributed by atoms with van der Waals surface area (Å²) < 4.78 is 5.63. The van der Waals surface area contributed by atoms with E-state index in [1.165, 1.54) is 7.11 Å². The lowest BCUT2D eigenvalue weighted by Crippen LogP contribution is -1.88. The molecule has 3 aromatic rings. The normalized spacial score (nSPS) is 10.8. The van der Waals surface area contributed by atoms with Crippen LogP contribution in [0.25, 0.3) is 22.4 Å². The van der Waals surface area contributed by atoms with Crippen LogP contribution in [0.5, 0.6) is 11.5 Å². The molecule has 0 bridgehead atoms. The van der Waals surface area contributed by atoms with Crippen LogP contribution in [0, 0.1) is 0 Å². The Morgan fingerprint density at radius 2 is 2.00 bits per heavy atom. The number of hydrogen-bond donors (Lipinski definition) is 2. The van der Waals surface area contributed by atoms with E-state index in [1.54, 1.807) is 6.07 Å². The predicted molar refractivity (Wildman–Crippen MR) is 77.4 cm³/mol. The highest BCUT2D eigenvalue weighted by atomic mass is 79.9. The Balaban J connectivity index is 2.18. The number of methoxy groups -OCH3 is 1. The minimum absolute atomic E-state index is 0.0699. The maximum Gasteiger partial charge on any atom is 0.172 e. The molecule has 0 spiro atoms. The molecule has 2 aromatic carbocycles. The molecule has 1 heterocycles. The van der Waals surface area contributed by atoms with E-state index in [1.807, 2.05) is 30.3 Å². The Morgan fingerprint density at radius 1 is 1.21 bits per heavy atom. The second kappa shape index (κ2) is 4.59. The van der Waals surface area contributed by atoms with Crippen LogP contribution < -0.4 is 4.74 Å². The van der Waals surface area contributed by atoms with Crippen molar-refractivity contribution in [2.45, 2.75) is 0 Å². The van der Waals surface area contributed by atoms with Crippen LogP contribution in [0.4, 0.5) is 0 Å². The molecule has 0 atom stereocenters. The number of phenols is 1. The zero-order valence-electron chi connectivity index (χ0n) is 10.1. The third kappa shape index (κ3) is 1.96. The molecule has 0 aliphatic carbocycles. The molecule has 0 fully saturated rings. The van der Waals surface area contributed by atoms with Gasteiger partial charge in [-0.3, -0.25) is 0 Å². The van der Waals surface area contributed by atoms with Crippen LogP contribution >= 0.6 is 15.9 Å². The van der Waals surface area contributed by atoms with Gasteiger partial charge < -0.3 is 14.8 Å². The molecular weight excluding hydrogens is 308 g/mol. The molecule has 0 amide bonds. The standard InChI is InChI=1S/C14H11BrN2O2/c1-19-11-7-6-8(12(15)13(11)18)14-16-9-4-2-3-5-10(9)17-14/h2-7,18H,1H3,(H,16,17). The van der Waals surface area contributed by atoms with Gasteiger partial charge in [0.2, 0.25) is 0 Å². The summed E-state index contributed by atoms with van der Waals surface area (Å²) in [7, 11) is 1.52. The summed E-state index contributed by atoms with van der Waals surface area (Å²) in [6, 6.07) is 11.3. The Labute approximate surface area is 118 Å². The number of fused-ring (bicyclic) bond motifs is 1. The van der Waals surface area contributed by atoms with Gasteiger partial charge in [-0.15, -0.1) is 0 Å². The number of imidazole rings is 1. The van der Waals surface area contributed by atoms with Gasteiger partial charge in [-0.2, -0.15) is 0 Å². The number of rotatable bonds is 2. The lowest BCUT2D eigenvalue weighted by molar-refractivity contribution is 0.372. The number of nitrogens with zero attached hydrogens (tertiary/aromatic N) is 1. The van der Waals surface area contributed by atoms with Gasteiger partial charge in [0.25, 0.3) is 0 Å². The first-order valence-corrected chi connectivity index (χ1v) is 6.50. The Hall–Kier alpha value is -2.01.